The van der Waals surface area contributed by atoms with E-state index in [9.17, 15) is 4.39 Å². The Kier molecular flexibility index (Phi) is 4.04. The number of furan rings is 1. The molecule has 1 atom stereocenters. The van der Waals surface area contributed by atoms with Gasteiger partial charge in [0.2, 0.25) is 0 Å². The van der Waals surface area contributed by atoms with Crippen molar-refractivity contribution < 1.29 is 13.5 Å². The zero-order chi connectivity index (χ0) is 13.1. The second-order valence-electron chi connectivity index (χ2n) is 3.76. The van der Waals surface area contributed by atoms with Crippen molar-refractivity contribution in [3.8, 4) is 5.75 Å². The minimum absolute atomic E-state index is 0.197. The van der Waals surface area contributed by atoms with E-state index < -0.39 is 0 Å². The Morgan fingerprint density at radius 1 is 1.33 bits per heavy atom. The van der Waals surface area contributed by atoms with Crippen LogP contribution in [0.3, 0.4) is 0 Å². The first-order valence-corrected chi connectivity index (χ1v) is 6.21. The molecular formula is C13H13BrFNO2. The summed E-state index contributed by atoms with van der Waals surface area (Å²) >= 11 is 3.25. The molecule has 0 spiro atoms. The molecule has 0 saturated heterocycles. The van der Waals surface area contributed by atoms with Gasteiger partial charge in [-0.05, 0) is 52.8 Å². The van der Waals surface area contributed by atoms with Crippen LogP contribution in [0.2, 0.25) is 0 Å². The average molecular weight is 314 g/mol. The van der Waals surface area contributed by atoms with Crippen LogP contribution in [0.1, 0.15) is 17.4 Å². The van der Waals surface area contributed by atoms with Crippen LogP contribution in [-0.4, -0.2) is 14.2 Å². The molecule has 3 nitrogen and oxygen atoms in total. The highest BCUT2D eigenvalue weighted by atomic mass is 79.9. The van der Waals surface area contributed by atoms with Crippen LogP contribution >= 0.6 is 15.9 Å². The number of ether oxygens (including phenoxy) is 1. The Morgan fingerprint density at radius 3 is 2.61 bits per heavy atom. The molecule has 0 fully saturated rings. The Balaban J connectivity index is 2.36. The first kappa shape index (κ1) is 13.1. The van der Waals surface area contributed by atoms with Gasteiger partial charge in [0.1, 0.15) is 5.76 Å². The Morgan fingerprint density at radius 2 is 2.11 bits per heavy atom. The fourth-order valence-corrected chi connectivity index (χ4v) is 2.14. The molecule has 96 valence electrons. The zero-order valence-corrected chi connectivity index (χ0v) is 11.6. The molecule has 2 rings (SSSR count). The average Bonchev–Trinajstić information content (AvgIpc) is 2.77. The molecule has 1 heterocycles. The molecular weight excluding hydrogens is 301 g/mol. The number of benzene rings is 1. The maximum Gasteiger partial charge on any atom is 0.169 e. The molecule has 1 N–H and O–H groups in total. The number of hydrogen-bond acceptors (Lipinski definition) is 3. The zero-order valence-electron chi connectivity index (χ0n) is 10.0. The maximum atomic E-state index is 13.7. The summed E-state index contributed by atoms with van der Waals surface area (Å²) in [5, 5.41) is 3.09. The SMILES string of the molecule is CNC(c1ccc(OC)c(F)c1)c1ccc(Br)o1. The van der Waals surface area contributed by atoms with Gasteiger partial charge in [-0.2, -0.15) is 0 Å². The van der Waals surface area contributed by atoms with E-state index >= 15 is 0 Å². The topological polar surface area (TPSA) is 34.4 Å². The lowest BCUT2D eigenvalue weighted by molar-refractivity contribution is 0.385. The quantitative estimate of drug-likeness (QED) is 0.938. The molecule has 0 aliphatic heterocycles. The lowest BCUT2D eigenvalue weighted by Gasteiger charge is -2.15. The van der Waals surface area contributed by atoms with Gasteiger partial charge in [-0.1, -0.05) is 6.07 Å². The van der Waals surface area contributed by atoms with E-state index in [0.29, 0.717) is 10.4 Å². The van der Waals surface area contributed by atoms with Crippen LogP contribution in [0.4, 0.5) is 4.39 Å². The molecule has 0 saturated carbocycles. The summed E-state index contributed by atoms with van der Waals surface area (Å²) < 4.78 is 24.7. The van der Waals surface area contributed by atoms with Crippen LogP contribution in [-0.2, 0) is 0 Å². The first-order valence-electron chi connectivity index (χ1n) is 5.41. The third-order valence-electron chi connectivity index (χ3n) is 2.68. The van der Waals surface area contributed by atoms with Gasteiger partial charge in [-0.25, -0.2) is 4.39 Å². The second kappa shape index (κ2) is 5.54. The standard InChI is InChI=1S/C13H13BrFNO2/c1-16-13(11-5-6-12(14)18-11)8-3-4-10(17-2)9(15)7-8/h3-7,13,16H,1-2H3. The monoisotopic (exact) mass is 313 g/mol. The highest BCUT2D eigenvalue weighted by Gasteiger charge is 2.17. The van der Waals surface area contributed by atoms with Gasteiger partial charge in [0.25, 0.3) is 0 Å². The third-order valence-corrected chi connectivity index (χ3v) is 3.10. The molecule has 0 bridgehead atoms. The highest BCUT2D eigenvalue weighted by molar-refractivity contribution is 9.10. The predicted octanol–water partition coefficient (Wildman–Crippen LogP) is 3.50. The lowest BCUT2D eigenvalue weighted by Crippen LogP contribution is -2.17. The van der Waals surface area contributed by atoms with Crippen molar-refractivity contribution in [2.24, 2.45) is 0 Å². The number of halogens is 2. The van der Waals surface area contributed by atoms with Crippen molar-refractivity contribution in [3.05, 3.63) is 52.1 Å². The predicted molar refractivity (Wildman–Crippen MR) is 70.3 cm³/mol. The van der Waals surface area contributed by atoms with E-state index in [1.807, 2.05) is 6.07 Å². The van der Waals surface area contributed by atoms with Gasteiger partial charge < -0.3 is 14.5 Å². The molecule has 1 unspecified atom stereocenters. The Bertz CT molecular complexity index is 542. The fraction of sp³-hybridized carbons (Fsp3) is 0.231. The highest BCUT2D eigenvalue weighted by Crippen LogP contribution is 2.28. The number of rotatable bonds is 4. The normalized spacial score (nSPS) is 12.4. The smallest absolute Gasteiger partial charge is 0.169 e. The van der Waals surface area contributed by atoms with E-state index in [0.717, 1.165) is 5.56 Å². The molecule has 2 aromatic rings. The van der Waals surface area contributed by atoms with Crippen LogP contribution < -0.4 is 10.1 Å². The summed E-state index contributed by atoms with van der Waals surface area (Å²) in [7, 11) is 3.24. The minimum atomic E-state index is -0.388. The van der Waals surface area contributed by atoms with E-state index in [2.05, 4.69) is 21.2 Å². The fourth-order valence-electron chi connectivity index (χ4n) is 1.82. The first-order chi connectivity index (χ1) is 8.65. The molecule has 0 radical (unpaired) electrons. The van der Waals surface area contributed by atoms with Crippen molar-refractivity contribution in [2.75, 3.05) is 14.2 Å². The molecule has 1 aromatic carbocycles. The van der Waals surface area contributed by atoms with Crippen LogP contribution in [0, 0.1) is 5.82 Å². The maximum absolute atomic E-state index is 13.7. The summed E-state index contributed by atoms with van der Waals surface area (Å²) in [5.41, 5.74) is 0.776. The summed E-state index contributed by atoms with van der Waals surface area (Å²) in [4.78, 5) is 0. The van der Waals surface area contributed by atoms with E-state index in [4.69, 9.17) is 9.15 Å². The summed E-state index contributed by atoms with van der Waals surface area (Å²) in [6, 6.07) is 8.30. The van der Waals surface area contributed by atoms with Gasteiger partial charge >= 0.3 is 0 Å². The van der Waals surface area contributed by atoms with Crippen LogP contribution in [0.5, 0.6) is 5.75 Å². The van der Waals surface area contributed by atoms with Gasteiger partial charge in [-0.3, -0.25) is 0 Å². The summed E-state index contributed by atoms with van der Waals surface area (Å²) in [5.74, 6) is 0.559. The second-order valence-corrected chi connectivity index (χ2v) is 4.54. The van der Waals surface area contributed by atoms with E-state index in [1.165, 1.54) is 13.2 Å². The van der Waals surface area contributed by atoms with E-state index in [-0.39, 0.29) is 17.6 Å². The summed E-state index contributed by atoms with van der Waals surface area (Å²) in [6.45, 7) is 0. The number of nitrogens with one attached hydrogen (secondary N) is 1. The van der Waals surface area contributed by atoms with Gasteiger partial charge in [0.15, 0.2) is 16.2 Å². The van der Waals surface area contributed by atoms with Crippen molar-refractivity contribution in [2.45, 2.75) is 6.04 Å². The number of methoxy groups -OCH3 is 1. The third kappa shape index (κ3) is 2.57. The Hall–Kier alpha value is -1.33. The van der Waals surface area contributed by atoms with Crippen LogP contribution in [0.25, 0.3) is 0 Å². The molecule has 1 aromatic heterocycles. The minimum Gasteiger partial charge on any atom is -0.494 e. The number of hydrogen-bond donors (Lipinski definition) is 1. The van der Waals surface area contributed by atoms with Gasteiger partial charge in [0, 0.05) is 0 Å². The van der Waals surface area contributed by atoms with Crippen molar-refractivity contribution in [1.82, 2.24) is 5.32 Å². The van der Waals surface area contributed by atoms with Crippen LogP contribution in [0.15, 0.2) is 39.4 Å². The molecule has 0 amide bonds. The molecule has 0 aliphatic rings. The van der Waals surface area contributed by atoms with Crippen molar-refractivity contribution in [3.63, 3.8) is 0 Å². The molecule has 5 heteroatoms. The van der Waals surface area contributed by atoms with Gasteiger partial charge in [0.05, 0.1) is 13.2 Å². The van der Waals surface area contributed by atoms with Gasteiger partial charge in [-0.15, -0.1) is 0 Å². The molecule has 0 aliphatic carbocycles. The van der Waals surface area contributed by atoms with Crippen molar-refractivity contribution in [1.29, 1.82) is 0 Å². The van der Waals surface area contributed by atoms with E-state index in [1.54, 1.807) is 25.2 Å². The summed E-state index contributed by atoms with van der Waals surface area (Å²) in [6.07, 6.45) is 0. The van der Waals surface area contributed by atoms with Crippen molar-refractivity contribution >= 4 is 15.9 Å². The molecule has 18 heavy (non-hydrogen) atoms. The lowest BCUT2D eigenvalue weighted by atomic mass is 10.0. The largest absolute Gasteiger partial charge is 0.494 e. The Labute approximate surface area is 113 Å².